The van der Waals surface area contributed by atoms with Crippen molar-refractivity contribution < 1.29 is 9.47 Å². The molecule has 1 fully saturated rings. The molecule has 2 aliphatic heterocycles. The summed E-state index contributed by atoms with van der Waals surface area (Å²) in [5.74, 6) is 2.33. The number of likely N-dealkylation sites (N-methyl/N-ethyl adjacent to an activating group) is 1. The first-order valence-electron chi connectivity index (χ1n) is 6.41. The van der Waals surface area contributed by atoms with Crippen LogP contribution in [-0.4, -0.2) is 38.3 Å². The Balaban J connectivity index is 2.08. The molecule has 4 heteroatoms. The number of hydrogen-bond donors (Lipinski definition) is 0. The minimum atomic E-state index is 0.495. The summed E-state index contributed by atoms with van der Waals surface area (Å²) in [6.07, 6.45) is 2.48. The number of halogens is 1. The monoisotopic (exact) mass is 311 g/mol. The van der Waals surface area contributed by atoms with Crippen LogP contribution >= 0.6 is 15.9 Å². The molecule has 0 aliphatic carbocycles. The minimum absolute atomic E-state index is 0.495. The Morgan fingerprint density at radius 1 is 1.44 bits per heavy atom. The summed E-state index contributed by atoms with van der Waals surface area (Å²) in [7, 11) is 3.89. The standard InChI is InChI=1S/C14H18BrNO2/c1-16-7-3-4-9-11(16)8-18-14-12(17-2)6-5-10(15)13(9)14/h5-6,9,11H,3-4,7-8H2,1-2H3/t9-,11+/m0/s1. The van der Waals surface area contributed by atoms with Crippen LogP contribution in [0.25, 0.3) is 0 Å². The van der Waals surface area contributed by atoms with Crippen LogP contribution < -0.4 is 9.47 Å². The lowest BCUT2D eigenvalue weighted by Crippen LogP contribution is -2.47. The van der Waals surface area contributed by atoms with Gasteiger partial charge in [-0.25, -0.2) is 0 Å². The highest BCUT2D eigenvalue weighted by Gasteiger charge is 2.38. The fourth-order valence-corrected chi connectivity index (χ4v) is 3.79. The number of likely N-dealkylation sites (tertiary alicyclic amines) is 1. The molecule has 0 N–H and O–H groups in total. The minimum Gasteiger partial charge on any atom is -0.493 e. The van der Waals surface area contributed by atoms with Crippen LogP contribution in [-0.2, 0) is 0 Å². The molecule has 0 aromatic heterocycles. The van der Waals surface area contributed by atoms with Crippen molar-refractivity contribution in [2.45, 2.75) is 24.8 Å². The predicted octanol–water partition coefficient (Wildman–Crippen LogP) is 3.03. The summed E-state index contributed by atoms with van der Waals surface area (Å²) in [4.78, 5) is 2.42. The number of methoxy groups -OCH3 is 1. The van der Waals surface area contributed by atoms with Crippen molar-refractivity contribution in [1.29, 1.82) is 0 Å². The van der Waals surface area contributed by atoms with Crippen LogP contribution in [0, 0.1) is 0 Å². The van der Waals surface area contributed by atoms with E-state index in [1.54, 1.807) is 7.11 Å². The summed E-state index contributed by atoms with van der Waals surface area (Å²) in [5.41, 5.74) is 1.29. The van der Waals surface area contributed by atoms with Gasteiger partial charge in [0.15, 0.2) is 11.5 Å². The largest absolute Gasteiger partial charge is 0.493 e. The van der Waals surface area contributed by atoms with Crippen LogP contribution in [0.1, 0.15) is 24.3 Å². The molecule has 3 rings (SSSR count). The number of rotatable bonds is 1. The van der Waals surface area contributed by atoms with Crippen LogP contribution in [0.15, 0.2) is 16.6 Å². The summed E-state index contributed by atoms with van der Waals surface area (Å²) in [6.45, 7) is 1.93. The van der Waals surface area contributed by atoms with Gasteiger partial charge in [-0.1, -0.05) is 15.9 Å². The summed E-state index contributed by atoms with van der Waals surface area (Å²) in [6, 6.07) is 4.53. The molecule has 98 valence electrons. The topological polar surface area (TPSA) is 21.7 Å². The molecule has 0 bridgehead atoms. The molecule has 0 radical (unpaired) electrons. The third kappa shape index (κ3) is 1.82. The first kappa shape index (κ1) is 12.3. The zero-order valence-corrected chi connectivity index (χ0v) is 12.4. The molecule has 2 atom stereocenters. The van der Waals surface area contributed by atoms with Crippen molar-refractivity contribution >= 4 is 15.9 Å². The van der Waals surface area contributed by atoms with Gasteiger partial charge in [-0.05, 0) is 38.6 Å². The number of piperidine rings is 1. The van der Waals surface area contributed by atoms with Gasteiger partial charge in [-0.3, -0.25) is 4.90 Å². The van der Waals surface area contributed by atoms with Gasteiger partial charge in [0.25, 0.3) is 0 Å². The van der Waals surface area contributed by atoms with Crippen LogP contribution in [0.4, 0.5) is 0 Å². The molecule has 2 heterocycles. The lowest BCUT2D eigenvalue weighted by molar-refractivity contribution is 0.0843. The van der Waals surface area contributed by atoms with E-state index < -0.39 is 0 Å². The molecule has 0 saturated carbocycles. The second-order valence-corrected chi connectivity index (χ2v) is 5.95. The average Bonchev–Trinajstić information content (AvgIpc) is 2.39. The van der Waals surface area contributed by atoms with E-state index in [1.807, 2.05) is 6.07 Å². The summed E-state index contributed by atoms with van der Waals surface area (Å²) < 4.78 is 12.5. The van der Waals surface area contributed by atoms with Crippen LogP contribution in [0.5, 0.6) is 11.5 Å². The van der Waals surface area contributed by atoms with E-state index in [2.05, 4.69) is 33.9 Å². The zero-order chi connectivity index (χ0) is 12.7. The van der Waals surface area contributed by atoms with E-state index in [9.17, 15) is 0 Å². The number of hydrogen-bond acceptors (Lipinski definition) is 3. The van der Waals surface area contributed by atoms with E-state index in [-0.39, 0.29) is 0 Å². The van der Waals surface area contributed by atoms with Gasteiger partial charge in [0.1, 0.15) is 6.61 Å². The molecule has 0 unspecified atom stereocenters. The second kappa shape index (κ2) is 4.74. The highest BCUT2D eigenvalue weighted by atomic mass is 79.9. The maximum atomic E-state index is 5.97. The number of ether oxygens (including phenoxy) is 2. The normalized spacial score (nSPS) is 27.1. The Labute approximate surface area is 116 Å². The molecule has 2 aliphatic rings. The molecular weight excluding hydrogens is 294 g/mol. The van der Waals surface area contributed by atoms with Gasteiger partial charge in [0.05, 0.1) is 13.2 Å². The molecule has 1 saturated heterocycles. The molecule has 0 spiro atoms. The summed E-state index contributed by atoms with van der Waals surface area (Å²) in [5, 5.41) is 0. The predicted molar refractivity (Wildman–Crippen MR) is 74.6 cm³/mol. The molecule has 1 aromatic rings. The maximum absolute atomic E-state index is 5.97. The Hall–Kier alpha value is -0.740. The van der Waals surface area contributed by atoms with Gasteiger partial charge in [0, 0.05) is 16.0 Å². The number of fused-ring (bicyclic) bond motifs is 3. The third-order valence-corrected chi connectivity index (χ3v) is 4.84. The van der Waals surface area contributed by atoms with Gasteiger partial charge in [-0.2, -0.15) is 0 Å². The van der Waals surface area contributed by atoms with Crippen LogP contribution in [0.2, 0.25) is 0 Å². The van der Waals surface area contributed by atoms with Gasteiger partial charge in [0.2, 0.25) is 0 Å². The van der Waals surface area contributed by atoms with Crippen molar-refractivity contribution in [3.05, 3.63) is 22.2 Å². The molecule has 3 nitrogen and oxygen atoms in total. The lowest BCUT2D eigenvalue weighted by atomic mass is 9.82. The fraction of sp³-hybridized carbons (Fsp3) is 0.571. The van der Waals surface area contributed by atoms with E-state index in [0.29, 0.717) is 12.0 Å². The van der Waals surface area contributed by atoms with E-state index in [4.69, 9.17) is 9.47 Å². The maximum Gasteiger partial charge on any atom is 0.165 e. The number of nitrogens with zero attached hydrogens (tertiary/aromatic N) is 1. The van der Waals surface area contributed by atoms with E-state index >= 15 is 0 Å². The van der Waals surface area contributed by atoms with Crippen molar-refractivity contribution in [3.63, 3.8) is 0 Å². The fourth-order valence-electron chi connectivity index (χ4n) is 3.19. The zero-order valence-electron chi connectivity index (χ0n) is 10.8. The van der Waals surface area contributed by atoms with Crippen molar-refractivity contribution in [2.75, 3.05) is 27.3 Å². The van der Waals surface area contributed by atoms with E-state index in [1.165, 1.54) is 24.9 Å². The van der Waals surface area contributed by atoms with Crippen molar-refractivity contribution in [2.24, 2.45) is 0 Å². The second-order valence-electron chi connectivity index (χ2n) is 5.10. The molecule has 1 aromatic carbocycles. The SMILES string of the molecule is COc1ccc(Br)c2c1OC[C@@H]1[C@@H]2CCCN1C. The quantitative estimate of drug-likeness (QED) is 0.796. The molecule has 18 heavy (non-hydrogen) atoms. The van der Waals surface area contributed by atoms with Gasteiger partial charge in [-0.15, -0.1) is 0 Å². The van der Waals surface area contributed by atoms with Gasteiger partial charge >= 0.3 is 0 Å². The van der Waals surface area contributed by atoms with Gasteiger partial charge < -0.3 is 9.47 Å². The Morgan fingerprint density at radius 3 is 3.06 bits per heavy atom. The van der Waals surface area contributed by atoms with Crippen molar-refractivity contribution in [3.8, 4) is 11.5 Å². The van der Waals surface area contributed by atoms with Crippen LogP contribution in [0.3, 0.4) is 0 Å². The Kier molecular flexibility index (Phi) is 3.24. The highest BCUT2D eigenvalue weighted by Crippen LogP contribution is 2.48. The average molecular weight is 312 g/mol. The Morgan fingerprint density at radius 2 is 2.28 bits per heavy atom. The first-order chi connectivity index (χ1) is 8.72. The number of benzene rings is 1. The van der Waals surface area contributed by atoms with Crippen molar-refractivity contribution in [1.82, 2.24) is 4.90 Å². The van der Waals surface area contributed by atoms with E-state index in [0.717, 1.165) is 22.6 Å². The molecule has 0 amide bonds. The highest BCUT2D eigenvalue weighted by molar-refractivity contribution is 9.10. The smallest absolute Gasteiger partial charge is 0.165 e. The lowest BCUT2D eigenvalue weighted by Gasteiger charge is -2.43. The first-order valence-corrected chi connectivity index (χ1v) is 7.21. The third-order valence-electron chi connectivity index (χ3n) is 4.15. The summed E-state index contributed by atoms with van der Waals surface area (Å²) >= 11 is 3.67. The Bertz CT molecular complexity index is 463. The molecular formula is C14H18BrNO2.